The van der Waals surface area contributed by atoms with Crippen molar-refractivity contribution in [3.8, 4) is 0 Å². The third-order valence-corrected chi connectivity index (χ3v) is 0.535. The van der Waals surface area contributed by atoms with Crippen LogP contribution in [0.5, 0.6) is 0 Å². The fraction of sp³-hybridized carbons (Fsp3) is 0. The third-order valence-electron chi connectivity index (χ3n) is 0.361. The number of aromatic nitrogens is 1. The quantitative estimate of drug-likeness (QED) is 0.491. The summed E-state index contributed by atoms with van der Waals surface area (Å²) in [7, 11) is 0. The van der Waals surface area contributed by atoms with Gasteiger partial charge in [0.15, 0.2) is 5.15 Å². The van der Waals surface area contributed by atoms with Crippen molar-refractivity contribution in [3.05, 3.63) is 17.8 Å². The van der Waals surface area contributed by atoms with Crippen LogP contribution in [0.4, 0.5) is 0 Å². The van der Waals surface area contributed by atoms with E-state index in [1.165, 1.54) is 6.26 Å². The Labute approximate surface area is 39.7 Å². The summed E-state index contributed by atoms with van der Waals surface area (Å²) in [5, 5.41) is 0.343. The van der Waals surface area contributed by atoms with E-state index in [0.717, 1.165) is 0 Å². The number of oxazole rings is 1. The molecule has 0 aliphatic rings. The molecule has 0 unspecified atom stereocenters. The number of hydrogen-bond donors (Lipinski definition) is 0. The predicted octanol–water partition coefficient (Wildman–Crippen LogP) is 1.13. The molecule has 2 nitrogen and oxygen atoms in total. The van der Waals surface area contributed by atoms with Crippen LogP contribution in [-0.4, -0.2) is 4.98 Å². The summed E-state index contributed by atoms with van der Waals surface area (Å²) in [6.45, 7) is 0. The fourth-order valence-corrected chi connectivity index (χ4v) is 0.250. The molecule has 3 heteroatoms. The Kier molecular flexibility index (Phi) is 0.801. The van der Waals surface area contributed by atoms with Crippen LogP contribution in [0, 0.1) is 6.39 Å². The molecule has 1 rings (SSSR count). The van der Waals surface area contributed by atoms with E-state index in [0.29, 0.717) is 5.15 Å². The summed E-state index contributed by atoms with van der Waals surface area (Å²) in [6.07, 6.45) is 3.48. The lowest BCUT2D eigenvalue weighted by Crippen LogP contribution is -1.50. The van der Waals surface area contributed by atoms with Crippen LogP contribution in [0.15, 0.2) is 10.7 Å². The number of nitrogens with zero attached hydrogens (tertiary/aromatic N) is 1. The molecule has 31 valence electrons. The molecular weight excluding hydrogens is 101 g/mol. The monoisotopic (exact) mass is 102 g/mol. The SMILES string of the molecule is Clc1co[c]n1. The highest BCUT2D eigenvalue weighted by Crippen LogP contribution is 1.98. The molecule has 6 heavy (non-hydrogen) atoms. The van der Waals surface area contributed by atoms with Crippen molar-refractivity contribution in [2.75, 3.05) is 0 Å². The molecule has 0 saturated carbocycles. The Morgan fingerprint density at radius 2 is 2.83 bits per heavy atom. The summed E-state index contributed by atoms with van der Waals surface area (Å²) >= 11 is 5.22. The minimum Gasteiger partial charge on any atom is -0.439 e. The highest BCUT2D eigenvalue weighted by Gasteiger charge is 1.82. The van der Waals surface area contributed by atoms with Crippen LogP contribution in [0.1, 0.15) is 0 Å². The lowest BCUT2D eigenvalue weighted by Gasteiger charge is -1.57. The summed E-state index contributed by atoms with van der Waals surface area (Å²) in [6, 6.07) is 0. The molecule has 0 aliphatic carbocycles. The molecule has 0 spiro atoms. The van der Waals surface area contributed by atoms with Crippen LogP contribution in [0.2, 0.25) is 5.15 Å². The van der Waals surface area contributed by atoms with Gasteiger partial charge in [0.2, 0.25) is 0 Å². The zero-order chi connectivity index (χ0) is 4.41. The van der Waals surface area contributed by atoms with Gasteiger partial charge in [-0.2, -0.15) is 4.98 Å². The molecule has 1 aromatic rings. The second-order valence-electron chi connectivity index (χ2n) is 0.762. The molecule has 0 amide bonds. The Balaban J connectivity index is 3.05. The van der Waals surface area contributed by atoms with Gasteiger partial charge in [0, 0.05) is 0 Å². The van der Waals surface area contributed by atoms with Crippen LogP contribution in [0.25, 0.3) is 0 Å². The molecule has 0 aliphatic heterocycles. The van der Waals surface area contributed by atoms with Gasteiger partial charge >= 0.3 is 0 Å². The van der Waals surface area contributed by atoms with Gasteiger partial charge in [0.25, 0.3) is 6.39 Å². The van der Waals surface area contributed by atoms with Gasteiger partial charge in [-0.1, -0.05) is 11.6 Å². The molecule has 0 aromatic carbocycles. The van der Waals surface area contributed by atoms with Crippen LogP contribution in [0.3, 0.4) is 0 Å². The van der Waals surface area contributed by atoms with Crippen molar-refractivity contribution in [2.24, 2.45) is 0 Å². The first-order chi connectivity index (χ1) is 2.89. The second kappa shape index (κ2) is 1.30. The zero-order valence-electron chi connectivity index (χ0n) is 2.81. The molecule has 0 atom stereocenters. The average molecular weight is 102 g/mol. The van der Waals surface area contributed by atoms with Crippen molar-refractivity contribution >= 4 is 11.6 Å². The summed E-state index contributed by atoms with van der Waals surface area (Å²) < 4.78 is 4.35. The standard InChI is InChI=1S/C3HClNO/c4-3-1-6-2-5-3/h1H. The largest absolute Gasteiger partial charge is 0.439 e. The zero-order valence-corrected chi connectivity index (χ0v) is 3.57. The summed E-state index contributed by atoms with van der Waals surface area (Å²) in [5.74, 6) is 0. The Morgan fingerprint density at radius 1 is 2.00 bits per heavy atom. The highest BCUT2D eigenvalue weighted by molar-refractivity contribution is 6.29. The van der Waals surface area contributed by atoms with Gasteiger partial charge in [0.05, 0.1) is 0 Å². The van der Waals surface area contributed by atoms with Gasteiger partial charge in [-0.25, -0.2) is 0 Å². The lowest BCUT2D eigenvalue weighted by molar-refractivity contribution is 0.548. The van der Waals surface area contributed by atoms with Gasteiger partial charge in [-0.3, -0.25) is 0 Å². The van der Waals surface area contributed by atoms with Gasteiger partial charge in [-0.05, 0) is 0 Å². The minimum absolute atomic E-state index is 0.343. The first-order valence-electron chi connectivity index (χ1n) is 1.36. The van der Waals surface area contributed by atoms with Gasteiger partial charge in [-0.15, -0.1) is 0 Å². The van der Waals surface area contributed by atoms with E-state index in [1.54, 1.807) is 0 Å². The number of hydrogen-bond acceptors (Lipinski definition) is 2. The molecule has 1 radical (unpaired) electrons. The fourth-order valence-electron chi connectivity index (χ4n) is 0.171. The number of rotatable bonds is 0. The predicted molar refractivity (Wildman–Crippen MR) is 20.3 cm³/mol. The summed E-state index contributed by atoms with van der Waals surface area (Å²) in [5.41, 5.74) is 0. The minimum atomic E-state index is 0.343. The number of halogens is 1. The molecule has 0 bridgehead atoms. The Morgan fingerprint density at radius 3 is 3.00 bits per heavy atom. The van der Waals surface area contributed by atoms with Crippen LogP contribution in [-0.2, 0) is 0 Å². The normalized spacial score (nSPS) is 8.83. The molecule has 1 aromatic heterocycles. The smallest absolute Gasteiger partial charge is 0.285 e. The maximum absolute atomic E-state index is 5.22. The molecule has 0 saturated heterocycles. The second-order valence-corrected chi connectivity index (χ2v) is 1.15. The lowest BCUT2D eigenvalue weighted by atomic mass is 11.0. The van der Waals surface area contributed by atoms with E-state index in [2.05, 4.69) is 15.8 Å². The highest BCUT2D eigenvalue weighted by atomic mass is 35.5. The topological polar surface area (TPSA) is 26.0 Å². The third kappa shape index (κ3) is 0.518. The molecule has 0 fully saturated rings. The van der Waals surface area contributed by atoms with E-state index in [9.17, 15) is 0 Å². The van der Waals surface area contributed by atoms with Gasteiger partial charge in [0.1, 0.15) is 6.26 Å². The molecular formula is C3HClNO. The van der Waals surface area contributed by atoms with E-state index >= 15 is 0 Å². The van der Waals surface area contributed by atoms with Crippen LogP contribution >= 0.6 is 11.6 Å². The van der Waals surface area contributed by atoms with E-state index < -0.39 is 0 Å². The van der Waals surface area contributed by atoms with Crippen molar-refractivity contribution in [3.63, 3.8) is 0 Å². The first kappa shape index (κ1) is 3.68. The van der Waals surface area contributed by atoms with E-state index in [4.69, 9.17) is 11.6 Å². The summed E-state index contributed by atoms with van der Waals surface area (Å²) in [4.78, 5) is 3.39. The average Bonchev–Trinajstić information content (AvgIpc) is 1.86. The first-order valence-corrected chi connectivity index (χ1v) is 1.74. The Bertz CT molecular complexity index is 114. The molecule has 1 heterocycles. The Hall–Kier alpha value is -0.500. The van der Waals surface area contributed by atoms with E-state index in [1.807, 2.05) is 0 Å². The maximum atomic E-state index is 5.22. The van der Waals surface area contributed by atoms with Crippen LogP contribution < -0.4 is 0 Å². The van der Waals surface area contributed by atoms with Crippen molar-refractivity contribution in [2.45, 2.75) is 0 Å². The van der Waals surface area contributed by atoms with Crippen molar-refractivity contribution in [1.82, 2.24) is 4.98 Å². The van der Waals surface area contributed by atoms with Crippen molar-refractivity contribution < 1.29 is 4.42 Å². The van der Waals surface area contributed by atoms with Gasteiger partial charge < -0.3 is 4.42 Å². The van der Waals surface area contributed by atoms with E-state index in [-0.39, 0.29) is 0 Å². The molecule has 0 N–H and O–H groups in total. The maximum Gasteiger partial charge on any atom is 0.285 e. The van der Waals surface area contributed by atoms with Crippen molar-refractivity contribution in [1.29, 1.82) is 0 Å².